The predicted molar refractivity (Wildman–Crippen MR) is 56.3 cm³/mol. The monoisotopic (exact) mass is 210 g/mol. The van der Waals surface area contributed by atoms with Crippen LogP contribution < -0.4 is 0 Å². The fraction of sp³-hybridized carbons (Fsp3) is 0.818. The highest BCUT2D eigenvalue weighted by Crippen LogP contribution is 2.32. The Morgan fingerprint density at radius 3 is 2.27 bits per heavy atom. The molecule has 1 aliphatic heterocycles. The van der Waals surface area contributed by atoms with Gasteiger partial charge in [-0.1, -0.05) is 0 Å². The van der Waals surface area contributed by atoms with E-state index in [0.29, 0.717) is 5.92 Å². The summed E-state index contributed by atoms with van der Waals surface area (Å²) in [5, 5.41) is 0. The van der Waals surface area contributed by atoms with Gasteiger partial charge in [-0.3, -0.25) is 9.69 Å². The second-order valence-corrected chi connectivity index (χ2v) is 5.51. The van der Waals surface area contributed by atoms with Crippen LogP contribution in [0.1, 0.15) is 33.6 Å². The summed E-state index contributed by atoms with van der Waals surface area (Å²) in [6.45, 7) is 6.71. The standard InChI is InChI=1S/C11H18N2O2/c1-11(2,3)13-9(14)7-12(10(13)15)6-8-4-5-8/h8H,4-7H2,1-3H3. The van der Waals surface area contributed by atoms with Crippen LogP contribution in [0.15, 0.2) is 0 Å². The van der Waals surface area contributed by atoms with E-state index in [0.717, 1.165) is 6.54 Å². The minimum atomic E-state index is -0.396. The molecule has 0 N–H and O–H groups in total. The van der Waals surface area contributed by atoms with Gasteiger partial charge in [-0.25, -0.2) is 4.79 Å². The maximum Gasteiger partial charge on any atom is 0.327 e. The molecule has 84 valence electrons. The zero-order chi connectivity index (χ0) is 11.2. The molecule has 2 fully saturated rings. The van der Waals surface area contributed by atoms with E-state index >= 15 is 0 Å². The largest absolute Gasteiger partial charge is 0.327 e. The van der Waals surface area contributed by atoms with Gasteiger partial charge >= 0.3 is 6.03 Å². The van der Waals surface area contributed by atoms with Crippen molar-refractivity contribution in [2.24, 2.45) is 5.92 Å². The molecular formula is C11H18N2O2. The van der Waals surface area contributed by atoms with E-state index in [-0.39, 0.29) is 18.5 Å². The maximum atomic E-state index is 12.0. The number of nitrogens with zero attached hydrogens (tertiary/aromatic N) is 2. The van der Waals surface area contributed by atoms with E-state index in [1.807, 2.05) is 20.8 Å². The Morgan fingerprint density at radius 1 is 1.27 bits per heavy atom. The van der Waals surface area contributed by atoms with Crippen LogP contribution in [0.4, 0.5) is 4.79 Å². The molecule has 0 aromatic rings. The van der Waals surface area contributed by atoms with Gasteiger partial charge in [0.15, 0.2) is 0 Å². The Balaban J connectivity index is 2.08. The summed E-state index contributed by atoms with van der Waals surface area (Å²) in [6, 6.07) is -0.112. The summed E-state index contributed by atoms with van der Waals surface area (Å²) >= 11 is 0. The highest BCUT2D eigenvalue weighted by Gasteiger charge is 2.43. The molecule has 1 heterocycles. The van der Waals surface area contributed by atoms with Crippen molar-refractivity contribution in [2.75, 3.05) is 13.1 Å². The average Bonchev–Trinajstić information content (AvgIpc) is 2.79. The highest BCUT2D eigenvalue weighted by atomic mass is 16.2. The normalized spacial score (nSPS) is 22.9. The van der Waals surface area contributed by atoms with E-state index in [1.54, 1.807) is 4.90 Å². The average molecular weight is 210 g/mol. The molecule has 0 radical (unpaired) electrons. The molecule has 1 saturated heterocycles. The number of imide groups is 1. The molecule has 0 bridgehead atoms. The first-order valence-corrected chi connectivity index (χ1v) is 5.51. The van der Waals surface area contributed by atoms with Crippen molar-refractivity contribution in [3.63, 3.8) is 0 Å². The van der Waals surface area contributed by atoms with Crippen LogP contribution in [-0.4, -0.2) is 40.4 Å². The summed E-state index contributed by atoms with van der Waals surface area (Å²) in [5.41, 5.74) is -0.396. The third kappa shape index (κ3) is 1.98. The predicted octanol–water partition coefficient (Wildman–Crippen LogP) is 1.46. The van der Waals surface area contributed by atoms with Crippen LogP contribution in [0.3, 0.4) is 0 Å². The Morgan fingerprint density at radius 2 is 1.87 bits per heavy atom. The van der Waals surface area contributed by atoms with Gasteiger partial charge in [0.1, 0.15) is 6.54 Å². The molecule has 2 rings (SSSR count). The molecular weight excluding hydrogens is 192 g/mol. The molecule has 1 saturated carbocycles. The molecule has 2 aliphatic rings. The lowest BCUT2D eigenvalue weighted by Crippen LogP contribution is -2.46. The van der Waals surface area contributed by atoms with E-state index in [2.05, 4.69) is 0 Å². The van der Waals surface area contributed by atoms with E-state index in [1.165, 1.54) is 17.7 Å². The lowest BCUT2D eigenvalue weighted by Gasteiger charge is -2.29. The Bertz CT molecular complexity index is 302. The quantitative estimate of drug-likeness (QED) is 0.647. The molecule has 4 heteroatoms. The van der Waals surface area contributed by atoms with Gasteiger partial charge in [-0.15, -0.1) is 0 Å². The second-order valence-electron chi connectivity index (χ2n) is 5.51. The minimum absolute atomic E-state index is 0.0619. The topological polar surface area (TPSA) is 40.6 Å². The summed E-state index contributed by atoms with van der Waals surface area (Å²) in [6.07, 6.45) is 2.40. The number of urea groups is 1. The zero-order valence-corrected chi connectivity index (χ0v) is 9.62. The summed E-state index contributed by atoms with van der Waals surface area (Å²) < 4.78 is 0. The van der Waals surface area contributed by atoms with Crippen LogP contribution in [0, 0.1) is 5.92 Å². The number of hydrogen-bond acceptors (Lipinski definition) is 2. The van der Waals surface area contributed by atoms with Crippen molar-refractivity contribution >= 4 is 11.9 Å². The number of carbonyl (C=O) groups excluding carboxylic acids is 2. The van der Waals surface area contributed by atoms with Gasteiger partial charge < -0.3 is 4.90 Å². The highest BCUT2D eigenvalue weighted by molar-refractivity contribution is 6.02. The van der Waals surface area contributed by atoms with Crippen LogP contribution in [0.2, 0.25) is 0 Å². The number of rotatable bonds is 2. The second kappa shape index (κ2) is 3.22. The van der Waals surface area contributed by atoms with Crippen LogP contribution in [0.25, 0.3) is 0 Å². The van der Waals surface area contributed by atoms with Crippen molar-refractivity contribution in [1.29, 1.82) is 0 Å². The summed E-state index contributed by atoms with van der Waals surface area (Å²) in [4.78, 5) is 26.7. The van der Waals surface area contributed by atoms with Crippen LogP contribution in [-0.2, 0) is 4.79 Å². The molecule has 4 nitrogen and oxygen atoms in total. The number of hydrogen-bond donors (Lipinski definition) is 0. The Kier molecular flexibility index (Phi) is 2.24. The summed E-state index contributed by atoms with van der Waals surface area (Å²) in [5.74, 6) is 0.579. The molecule has 0 atom stereocenters. The molecule has 1 aliphatic carbocycles. The lowest BCUT2D eigenvalue weighted by atomic mass is 10.1. The molecule has 0 aromatic heterocycles. The van der Waals surface area contributed by atoms with Crippen molar-refractivity contribution in [2.45, 2.75) is 39.2 Å². The van der Waals surface area contributed by atoms with Gasteiger partial charge in [0.05, 0.1) is 0 Å². The Labute approximate surface area is 90.2 Å². The smallest absolute Gasteiger partial charge is 0.315 e. The third-order valence-electron chi connectivity index (χ3n) is 2.88. The van der Waals surface area contributed by atoms with Gasteiger partial charge in [-0.2, -0.15) is 0 Å². The van der Waals surface area contributed by atoms with Gasteiger partial charge in [0.25, 0.3) is 5.91 Å². The van der Waals surface area contributed by atoms with Crippen molar-refractivity contribution in [3.05, 3.63) is 0 Å². The first kappa shape index (κ1) is 10.5. The van der Waals surface area contributed by atoms with E-state index < -0.39 is 5.54 Å². The lowest BCUT2D eigenvalue weighted by molar-refractivity contribution is -0.128. The maximum absolute atomic E-state index is 12.0. The first-order chi connectivity index (χ1) is 6.89. The van der Waals surface area contributed by atoms with Crippen molar-refractivity contribution in [1.82, 2.24) is 9.80 Å². The Hall–Kier alpha value is -1.06. The first-order valence-electron chi connectivity index (χ1n) is 5.51. The minimum Gasteiger partial charge on any atom is -0.315 e. The molecule has 0 aromatic carbocycles. The van der Waals surface area contributed by atoms with Crippen LogP contribution in [0.5, 0.6) is 0 Å². The zero-order valence-electron chi connectivity index (χ0n) is 9.62. The van der Waals surface area contributed by atoms with Crippen LogP contribution >= 0.6 is 0 Å². The van der Waals surface area contributed by atoms with E-state index in [4.69, 9.17) is 0 Å². The van der Waals surface area contributed by atoms with Crippen molar-refractivity contribution < 1.29 is 9.59 Å². The number of amides is 3. The van der Waals surface area contributed by atoms with Gasteiger partial charge in [0, 0.05) is 12.1 Å². The SMILES string of the molecule is CC(C)(C)N1C(=O)CN(CC2CC2)C1=O. The van der Waals surface area contributed by atoms with E-state index in [9.17, 15) is 9.59 Å². The van der Waals surface area contributed by atoms with Gasteiger partial charge in [0.2, 0.25) is 0 Å². The van der Waals surface area contributed by atoms with Crippen molar-refractivity contribution in [3.8, 4) is 0 Å². The molecule has 0 spiro atoms. The number of carbonyl (C=O) groups is 2. The van der Waals surface area contributed by atoms with Gasteiger partial charge in [-0.05, 0) is 39.5 Å². The fourth-order valence-corrected chi connectivity index (χ4v) is 1.97. The molecule has 3 amide bonds. The summed E-state index contributed by atoms with van der Waals surface area (Å²) in [7, 11) is 0. The fourth-order valence-electron chi connectivity index (χ4n) is 1.97. The molecule has 0 unspecified atom stereocenters. The third-order valence-corrected chi connectivity index (χ3v) is 2.88. The molecule has 15 heavy (non-hydrogen) atoms.